The first-order chi connectivity index (χ1) is 14.7. The van der Waals surface area contributed by atoms with Gasteiger partial charge in [0.05, 0.1) is 13.7 Å². The highest BCUT2D eigenvalue weighted by Gasteiger charge is 2.19. The van der Waals surface area contributed by atoms with Crippen LogP contribution in [-0.2, 0) is 11.3 Å². The van der Waals surface area contributed by atoms with E-state index in [0.29, 0.717) is 6.54 Å². The maximum Gasteiger partial charge on any atom is 0.254 e. The normalized spacial score (nSPS) is 15.7. The SMILES string of the molecule is COc1ccccc1C=CC=NNC(=O)CN1CCN(Cc2ccccc2Cl)CC1. The van der Waals surface area contributed by atoms with E-state index < -0.39 is 0 Å². The molecular weight excluding hydrogens is 400 g/mol. The van der Waals surface area contributed by atoms with Crippen LogP contribution in [0.1, 0.15) is 11.1 Å². The van der Waals surface area contributed by atoms with E-state index >= 15 is 0 Å². The molecule has 1 N–H and O–H groups in total. The molecule has 1 fully saturated rings. The number of methoxy groups -OCH3 is 1. The Bertz CT molecular complexity index is 892. The van der Waals surface area contributed by atoms with E-state index in [1.54, 1.807) is 19.4 Å². The predicted octanol–water partition coefficient (Wildman–Crippen LogP) is 3.28. The molecule has 158 valence electrons. The van der Waals surface area contributed by atoms with Crippen LogP contribution in [-0.4, -0.2) is 61.8 Å². The number of rotatable bonds is 8. The number of hydrazone groups is 1. The van der Waals surface area contributed by atoms with E-state index in [1.807, 2.05) is 48.5 Å². The summed E-state index contributed by atoms with van der Waals surface area (Å²) in [6, 6.07) is 15.6. The van der Waals surface area contributed by atoms with Crippen molar-refractivity contribution in [3.8, 4) is 5.75 Å². The number of para-hydroxylation sites is 1. The molecule has 2 aromatic rings. The molecule has 0 bridgehead atoms. The van der Waals surface area contributed by atoms with Crippen molar-refractivity contribution in [3.63, 3.8) is 0 Å². The Morgan fingerprint density at radius 3 is 2.57 bits per heavy atom. The zero-order chi connectivity index (χ0) is 21.2. The van der Waals surface area contributed by atoms with E-state index in [9.17, 15) is 4.79 Å². The number of piperazine rings is 1. The number of nitrogens with one attached hydrogen (secondary N) is 1. The number of hydrogen-bond donors (Lipinski definition) is 1. The van der Waals surface area contributed by atoms with Crippen LogP contribution in [0.5, 0.6) is 5.75 Å². The average Bonchev–Trinajstić information content (AvgIpc) is 2.76. The number of benzene rings is 2. The topological polar surface area (TPSA) is 57.2 Å². The summed E-state index contributed by atoms with van der Waals surface area (Å²) in [6.07, 6.45) is 5.21. The lowest BCUT2D eigenvalue weighted by molar-refractivity contribution is -0.122. The number of carbonyl (C=O) groups excluding carboxylic acids is 1. The van der Waals surface area contributed by atoms with Gasteiger partial charge >= 0.3 is 0 Å². The fourth-order valence-corrected chi connectivity index (χ4v) is 3.51. The molecule has 3 rings (SSSR count). The first-order valence-corrected chi connectivity index (χ1v) is 10.3. The summed E-state index contributed by atoms with van der Waals surface area (Å²) >= 11 is 6.25. The summed E-state index contributed by atoms with van der Waals surface area (Å²) in [4.78, 5) is 16.6. The van der Waals surface area contributed by atoms with E-state index in [0.717, 1.165) is 54.6 Å². The van der Waals surface area contributed by atoms with Crippen molar-refractivity contribution in [2.24, 2.45) is 5.10 Å². The summed E-state index contributed by atoms with van der Waals surface area (Å²) in [5.41, 5.74) is 4.67. The summed E-state index contributed by atoms with van der Waals surface area (Å²) in [7, 11) is 1.64. The predicted molar refractivity (Wildman–Crippen MR) is 122 cm³/mol. The average molecular weight is 427 g/mol. The summed E-state index contributed by atoms with van der Waals surface area (Å²) in [5.74, 6) is 0.677. The monoisotopic (exact) mass is 426 g/mol. The third kappa shape index (κ3) is 6.69. The maximum absolute atomic E-state index is 12.1. The smallest absolute Gasteiger partial charge is 0.254 e. The largest absolute Gasteiger partial charge is 0.496 e. The molecule has 0 unspecified atom stereocenters. The second kappa shape index (κ2) is 11.5. The van der Waals surface area contributed by atoms with Crippen molar-refractivity contribution in [2.75, 3.05) is 39.8 Å². The zero-order valence-corrected chi connectivity index (χ0v) is 17.9. The van der Waals surface area contributed by atoms with Crippen molar-refractivity contribution in [1.82, 2.24) is 15.2 Å². The molecule has 0 aromatic heterocycles. The fourth-order valence-electron chi connectivity index (χ4n) is 3.31. The van der Waals surface area contributed by atoms with Crippen LogP contribution in [0.2, 0.25) is 5.02 Å². The van der Waals surface area contributed by atoms with E-state index in [4.69, 9.17) is 16.3 Å². The number of amides is 1. The second-order valence-electron chi connectivity index (χ2n) is 7.06. The van der Waals surface area contributed by atoms with Gasteiger partial charge in [0, 0.05) is 49.5 Å². The van der Waals surface area contributed by atoms with Crippen molar-refractivity contribution < 1.29 is 9.53 Å². The Morgan fingerprint density at radius 1 is 1.10 bits per heavy atom. The molecule has 30 heavy (non-hydrogen) atoms. The maximum atomic E-state index is 12.1. The first kappa shape index (κ1) is 22.0. The lowest BCUT2D eigenvalue weighted by Crippen LogP contribution is -2.48. The van der Waals surface area contributed by atoms with Gasteiger partial charge in [0.1, 0.15) is 5.75 Å². The number of halogens is 1. The van der Waals surface area contributed by atoms with Gasteiger partial charge in [-0.25, -0.2) is 5.43 Å². The van der Waals surface area contributed by atoms with Crippen LogP contribution in [0.15, 0.2) is 59.7 Å². The van der Waals surface area contributed by atoms with Crippen molar-refractivity contribution in [1.29, 1.82) is 0 Å². The Balaban J connectivity index is 1.37. The van der Waals surface area contributed by atoms with Gasteiger partial charge in [-0.3, -0.25) is 14.6 Å². The lowest BCUT2D eigenvalue weighted by atomic mass is 10.2. The Hall–Kier alpha value is -2.67. The summed E-state index contributed by atoms with van der Waals surface area (Å²) < 4.78 is 5.29. The highest BCUT2D eigenvalue weighted by Crippen LogP contribution is 2.19. The number of nitrogens with zero attached hydrogens (tertiary/aromatic N) is 3. The highest BCUT2D eigenvalue weighted by molar-refractivity contribution is 6.31. The Morgan fingerprint density at radius 2 is 1.80 bits per heavy atom. The van der Waals surface area contributed by atoms with Crippen molar-refractivity contribution in [3.05, 3.63) is 70.8 Å². The van der Waals surface area contributed by atoms with E-state index in [2.05, 4.69) is 26.4 Å². The molecule has 2 aromatic carbocycles. The van der Waals surface area contributed by atoms with Gasteiger partial charge < -0.3 is 4.74 Å². The number of ether oxygens (including phenoxy) is 1. The van der Waals surface area contributed by atoms with Gasteiger partial charge in [0.15, 0.2) is 0 Å². The quantitative estimate of drug-likeness (QED) is 0.520. The molecule has 0 aliphatic carbocycles. The molecule has 1 amide bonds. The summed E-state index contributed by atoms with van der Waals surface area (Å²) in [6.45, 7) is 4.67. The molecule has 6 nitrogen and oxygen atoms in total. The first-order valence-electron chi connectivity index (χ1n) is 9.95. The standard InChI is InChI=1S/C23H27ClN4O2/c1-30-22-11-5-3-7-19(22)9-6-12-25-26-23(29)18-28-15-13-27(14-16-28)17-20-8-2-4-10-21(20)24/h2-12H,13-18H2,1H3,(H,26,29). The minimum Gasteiger partial charge on any atom is -0.496 e. The molecular formula is C23H27ClN4O2. The zero-order valence-electron chi connectivity index (χ0n) is 17.1. The number of hydrogen-bond acceptors (Lipinski definition) is 5. The molecule has 7 heteroatoms. The van der Waals surface area contributed by atoms with Crippen LogP contribution in [0.4, 0.5) is 0 Å². The highest BCUT2D eigenvalue weighted by atomic mass is 35.5. The molecule has 0 spiro atoms. The number of allylic oxidation sites excluding steroid dienone is 1. The van der Waals surface area contributed by atoms with Gasteiger partial charge in [-0.2, -0.15) is 5.10 Å². The molecule has 1 aliphatic rings. The van der Waals surface area contributed by atoms with Crippen LogP contribution in [0.25, 0.3) is 6.08 Å². The van der Waals surface area contributed by atoms with Crippen molar-refractivity contribution >= 4 is 29.8 Å². The van der Waals surface area contributed by atoms with Crippen LogP contribution >= 0.6 is 11.6 Å². The van der Waals surface area contributed by atoms with E-state index in [1.165, 1.54) is 0 Å². The van der Waals surface area contributed by atoms with Crippen LogP contribution < -0.4 is 10.2 Å². The minimum absolute atomic E-state index is 0.114. The second-order valence-corrected chi connectivity index (χ2v) is 7.47. The van der Waals surface area contributed by atoms with Gasteiger partial charge in [0.2, 0.25) is 0 Å². The molecule has 1 saturated heterocycles. The third-order valence-corrected chi connectivity index (χ3v) is 5.32. The molecule has 0 atom stereocenters. The molecule has 1 aliphatic heterocycles. The van der Waals surface area contributed by atoms with Gasteiger partial charge in [-0.15, -0.1) is 0 Å². The number of carbonyl (C=O) groups is 1. The van der Waals surface area contributed by atoms with E-state index in [-0.39, 0.29) is 5.91 Å². The molecule has 0 radical (unpaired) electrons. The minimum atomic E-state index is -0.114. The van der Waals surface area contributed by atoms with Crippen LogP contribution in [0, 0.1) is 0 Å². The molecule has 0 saturated carbocycles. The lowest BCUT2D eigenvalue weighted by Gasteiger charge is -2.34. The summed E-state index contributed by atoms with van der Waals surface area (Å²) in [5, 5.41) is 4.79. The third-order valence-electron chi connectivity index (χ3n) is 4.95. The Kier molecular flexibility index (Phi) is 8.44. The van der Waals surface area contributed by atoms with Gasteiger partial charge in [0.25, 0.3) is 5.91 Å². The Labute approximate surface area is 182 Å². The fraction of sp³-hybridized carbons (Fsp3) is 0.304. The molecule has 1 heterocycles. The van der Waals surface area contributed by atoms with Crippen LogP contribution in [0.3, 0.4) is 0 Å². The van der Waals surface area contributed by atoms with Gasteiger partial charge in [-0.05, 0) is 29.8 Å². The van der Waals surface area contributed by atoms with Crippen molar-refractivity contribution in [2.45, 2.75) is 6.54 Å². The van der Waals surface area contributed by atoms with Gasteiger partial charge in [-0.1, -0.05) is 48.0 Å².